The van der Waals surface area contributed by atoms with Gasteiger partial charge < -0.3 is 13.9 Å². The molecule has 1 saturated heterocycles. The highest BCUT2D eigenvalue weighted by Crippen LogP contribution is 2.33. The van der Waals surface area contributed by atoms with Gasteiger partial charge in [0.15, 0.2) is 11.5 Å². The standard InChI is InChI=1S/C29H22O6S2/c1-36-21-12-8-19(9-13-21)28-29(27(32)22-4-2-3-5-24(22)35-28)34-15-14-33-20-10-6-18(7-11-20)16-25-23(30)17-26(31)37-25/h2-13,16H,14-15,17H2,1H3/b25-16-. The zero-order valence-corrected chi connectivity index (χ0v) is 21.5. The van der Waals surface area contributed by atoms with Gasteiger partial charge in [-0.05, 0) is 78.2 Å². The zero-order valence-electron chi connectivity index (χ0n) is 19.9. The summed E-state index contributed by atoms with van der Waals surface area (Å²) in [5, 5.41) is 0.324. The van der Waals surface area contributed by atoms with Crippen LogP contribution in [0.1, 0.15) is 12.0 Å². The van der Waals surface area contributed by atoms with Crippen molar-refractivity contribution in [2.75, 3.05) is 19.5 Å². The highest BCUT2D eigenvalue weighted by molar-refractivity contribution is 8.18. The van der Waals surface area contributed by atoms with E-state index in [4.69, 9.17) is 13.9 Å². The lowest BCUT2D eigenvalue weighted by atomic mass is 10.1. The number of thioether (sulfide) groups is 2. The molecule has 2 heterocycles. The molecular formula is C29H22O6S2. The van der Waals surface area contributed by atoms with E-state index >= 15 is 0 Å². The molecule has 8 heteroatoms. The minimum absolute atomic E-state index is 0.0436. The number of rotatable bonds is 8. The van der Waals surface area contributed by atoms with E-state index < -0.39 is 0 Å². The molecule has 0 bridgehead atoms. The van der Waals surface area contributed by atoms with Crippen LogP contribution in [-0.4, -0.2) is 30.4 Å². The molecule has 0 aliphatic carbocycles. The highest BCUT2D eigenvalue weighted by atomic mass is 32.2. The topological polar surface area (TPSA) is 82.8 Å². The van der Waals surface area contributed by atoms with E-state index in [1.165, 1.54) is 0 Å². The lowest BCUT2D eigenvalue weighted by Crippen LogP contribution is -2.15. The average molecular weight is 531 g/mol. The van der Waals surface area contributed by atoms with Gasteiger partial charge in [-0.3, -0.25) is 14.4 Å². The number of ketones is 1. The molecular weight excluding hydrogens is 508 g/mol. The Morgan fingerprint density at radius 3 is 2.35 bits per heavy atom. The van der Waals surface area contributed by atoms with Crippen LogP contribution in [0.4, 0.5) is 0 Å². The average Bonchev–Trinajstić information content (AvgIpc) is 3.24. The number of carbonyl (C=O) groups is 2. The van der Waals surface area contributed by atoms with Gasteiger partial charge in [-0.15, -0.1) is 11.8 Å². The fourth-order valence-corrected chi connectivity index (χ4v) is 5.08. The van der Waals surface area contributed by atoms with Crippen molar-refractivity contribution in [1.82, 2.24) is 0 Å². The van der Waals surface area contributed by atoms with Crippen LogP contribution in [-0.2, 0) is 9.59 Å². The number of ether oxygens (including phenoxy) is 2. The molecule has 0 N–H and O–H groups in total. The van der Waals surface area contributed by atoms with E-state index in [9.17, 15) is 14.4 Å². The first-order chi connectivity index (χ1) is 18.0. The molecule has 3 aromatic carbocycles. The van der Waals surface area contributed by atoms with E-state index in [-0.39, 0.29) is 41.7 Å². The van der Waals surface area contributed by atoms with Gasteiger partial charge in [0.25, 0.3) is 0 Å². The SMILES string of the molecule is CSc1ccc(-c2oc3ccccc3c(=O)c2OCCOc2ccc(/C=C3\SC(=O)CC3=O)cc2)cc1. The molecule has 6 nitrogen and oxygen atoms in total. The van der Waals surface area contributed by atoms with Crippen LogP contribution in [0, 0.1) is 0 Å². The van der Waals surface area contributed by atoms with Crippen molar-refractivity contribution in [2.45, 2.75) is 11.3 Å². The van der Waals surface area contributed by atoms with Crippen molar-refractivity contribution in [3.8, 4) is 22.8 Å². The Morgan fingerprint density at radius 2 is 1.65 bits per heavy atom. The van der Waals surface area contributed by atoms with Crippen LogP contribution in [0.2, 0.25) is 0 Å². The molecule has 0 unspecified atom stereocenters. The third-order valence-electron chi connectivity index (χ3n) is 5.69. The molecule has 0 spiro atoms. The van der Waals surface area contributed by atoms with Crippen molar-refractivity contribution in [3.63, 3.8) is 0 Å². The van der Waals surface area contributed by atoms with Crippen LogP contribution < -0.4 is 14.9 Å². The van der Waals surface area contributed by atoms with Crippen molar-refractivity contribution >= 4 is 51.5 Å². The van der Waals surface area contributed by atoms with Gasteiger partial charge in [0, 0.05) is 10.5 Å². The fourth-order valence-electron chi connectivity index (χ4n) is 3.85. The molecule has 0 atom stereocenters. The lowest BCUT2D eigenvalue weighted by molar-refractivity contribution is -0.119. The van der Waals surface area contributed by atoms with Gasteiger partial charge >= 0.3 is 0 Å². The Morgan fingerprint density at radius 1 is 0.919 bits per heavy atom. The van der Waals surface area contributed by atoms with Crippen LogP contribution >= 0.6 is 23.5 Å². The third-order valence-corrected chi connectivity index (χ3v) is 7.37. The number of hydrogen-bond acceptors (Lipinski definition) is 8. The first-order valence-electron chi connectivity index (χ1n) is 11.5. The summed E-state index contributed by atoms with van der Waals surface area (Å²) in [4.78, 5) is 38.0. The van der Waals surface area contributed by atoms with Gasteiger partial charge in [0.2, 0.25) is 16.3 Å². The van der Waals surface area contributed by atoms with E-state index in [0.29, 0.717) is 27.4 Å². The molecule has 1 aromatic heterocycles. The number of Topliss-reactive ketones (excluding diaryl/α,β-unsaturated/α-hetero) is 1. The second-order valence-corrected chi connectivity index (χ2v) is 10.1. The molecule has 5 rings (SSSR count). The highest BCUT2D eigenvalue weighted by Gasteiger charge is 2.25. The smallest absolute Gasteiger partial charge is 0.235 e. The van der Waals surface area contributed by atoms with Crippen LogP contribution in [0.5, 0.6) is 11.5 Å². The number of para-hydroxylation sites is 1. The van der Waals surface area contributed by atoms with E-state index in [1.807, 2.05) is 48.7 Å². The van der Waals surface area contributed by atoms with Crippen LogP contribution in [0.25, 0.3) is 28.4 Å². The summed E-state index contributed by atoms with van der Waals surface area (Å²) >= 11 is 2.61. The number of allylic oxidation sites excluding steroid dienone is 1. The summed E-state index contributed by atoms with van der Waals surface area (Å²) < 4.78 is 17.8. The number of hydrogen-bond donors (Lipinski definition) is 0. The fraction of sp³-hybridized carbons (Fsp3) is 0.138. The Labute approximate surface area is 221 Å². The van der Waals surface area contributed by atoms with Crippen LogP contribution in [0.3, 0.4) is 0 Å². The summed E-state index contributed by atoms with van der Waals surface area (Å²) in [5.41, 5.74) is 1.82. The quantitative estimate of drug-likeness (QED) is 0.115. The van der Waals surface area contributed by atoms with Gasteiger partial charge in [0.05, 0.1) is 16.7 Å². The van der Waals surface area contributed by atoms with Gasteiger partial charge in [-0.1, -0.05) is 24.3 Å². The Balaban J connectivity index is 1.29. The molecule has 1 aliphatic rings. The first kappa shape index (κ1) is 24.9. The molecule has 0 radical (unpaired) electrons. The second-order valence-electron chi connectivity index (χ2n) is 8.16. The first-order valence-corrected chi connectivity index (χ1v) is 13.6. The molecule has 186 valence electrons. The molecule has 1 aliphatic heterocycles. The minimum atomic E-state index is -0.235. The van der Waals surface area contributed by atoms with E-state index in [2.05, 4.69) is 0 Å². The predicted octanol–water partition coefficient (Wildman–Crippen LogP) is 6.21. The summed E-state index contributed by atoms with van der Waals surface area (Å²) in [6.07, 6.45) is 3.66. The van der Waals surface area contributed by atoms with Gasteiger partial charge in [0.1, 0.15) is 24.5 Å². The van der Waals surface area contributed by atoms with Crippen molar-refractivity contribution in [1.29, 1.82) is 0 Å². The molecule has 37 heavy (non-hydrogen) atoms. The van der Waals surface area contributed by atoms with Crippen LogP contribution in [0.15, 0.2) is 91.8 Å². The summed E-state index contributed by atoms with van der Waals surface area (Å²) in [7, 11) is 0. The molecule has 0 amide bonds. The second kappa shape index (κ2) is 11.1. The van der Waals surface area contributed by atoms with Gasteiger partial charge in [-0.2, -0.15) is 0 Å². The zero-order chi connectivity index (χ0) is 25.8. The van der Waals surface area contributed by atoms with E-state index in [0.717, 1.165) is 27.8 Å². The molecule has 1 fully saturated rings. The normalized spacial score (nSPS) is 14.5. The summed E-state index contributed by atoms with van der Waals surface area (Å²) in [5.74, 6) is 0.997. The van der Waals surface area contributed by atoms with E-state index in [1.54, 1.807) is 48.2 Å². The molecule has 0 saturated carbocycles. The van der Waals surface area contributed by atoms with Crippen molar-refractivity contribution < 1.29 is 23.5 Å². The Bertz CT molecular complexity index is 1550. The van der Waals surface area contributed by atoms with Crippen molar-refractivity contribution in [3.05, 3.63) is 93.5 Å². The summed E-state index contributed by atoms with van der Waals surface area (Å²) in [6.45, 7) is 0.346. The molecule has 4 aromatic rings. The largest absolute Gasteiger partial charge is 0.490 e. The third kappa shape index (κ3) is 5.65. The predicted molar refractivity (Wildman–Crippen MR) is 147 cm³/mol. The lowest BCUT2D eigenvalue weighted by Gasteiger charge is -2.13. The maximum atomic E-state index is 13.3. The Hall–Kier alpha value is -3.75. The number of fused-ring (bicyclic) bond motifs is 1. The maximum Gasteiger partial charge on any atom is 0.235 e. The Kier molecular flexibility index (Phi) is 7.48. The number of carbonyl (C=O) groups excluding carboxylic acids is 2. The monoisotopic (exact) mass is 530 g/mol. The number of benzene rings is 3. The van der Waals surface area contributed by atoms with Crippen molar-refractivity contribution in [2.24, 2.45) is 0 Å². The maximum absolute atomic E-state index is 13.3. The summed E-state index contributed by atoms with van der Waals surface area (Å²) in [6, 6.07) is 22.0. The van der Waals surface area contributed by atoms with Gasteiger partial charge in [-0.25, -0.2) is 0 Å². The minimum Gasteiger partial charge on any atom is -0.490 e.